The maximum absolute atomic E-state index is 13.7. The summed E-state index contributed by atoms with van der Waals surface area (Å²) in [5.74, 6) is 2.27. The van der Waals surface area contributed by atoms with Gasteiger partial charge in [0.05, 0.1) is 24.6 Å². The summed E-state index contributed by atoms with van der Waals surface area (Å²) in [5, 5.41) is 3.29. The lowest BCUT2D eigenvalue weighted by Gasteiger charge is -2.30. The van der Waals surface area contributed by atoms with E-state index >= 15 is 0 Å². The molecule has 8 heteroatoms. The minimum absolute atomic E-state index is 0.0368. The average Bonchev–Trinajstić information content (AvgIpc) is 2.89. The monoisotopic (exact) mass is 506 g/mol. The molecule has 198 valence electrons. The first-order valence-corrected chi connectivity index (χ1v) is 13.2. The number of methoxy groups -OCH3 is 1. The lowest BCUT2D eigenvalue weighted by Crippen LogP contribution is -2.37. The van der Waals surface area contributed by atoms with Gasteiger partial charge in [0.2, 0.25) is 5.91 Å². The number of benzene rings is 2. The third-order valence-corrected chi connectivity index (χ3v) is 6.77. The molecule has 0 bridgehead atoms. The SMILES string of the molecule is COc1cccc(-c2nc3ccc(OCCCN4CCC(C)CC4)cc3c(=O)n2CC(=O)NC(C)C)c1. The number of hydrogen-bond acceptors (Lipinski definition) is 6. The van der Waals surface area contributed by atoms with Crippen LogP contribution in [0.5, 0.6) is 11.5 Å². The normalized spacial score (nSPS) is 14.7. The Morgan fingerprint density at radius 1 is 1.14 bits per heavy atom. The Hall–Kier alpha value is -3.39. The van der Waals surface area contributed by atoms with Gasteiger partial charge in [0.25, 0.3) is 5.56 Å². The molecule has 0 radical (unpaired) electrons. The van der Waals surface area contributed by atoms with E-state index in [2.05, 4.69) is 17.1 Å². The van der Waals surface area contributed by atoms with Crippen LogP contribution in [-0.4, -0.2) is 59.8 Å². The van der Waals surface area contributed by atoms with Gasteiger partial charge in [-0.3, -0.25) is 14.2 Å². The molecule has 1 aromatic heterocycles. The minimum Gasteiger partial charge on any atom is -0.497 e. The fourth-order valence-corrected chi connectivity index (χ4v) is 4.69. The fourth-order valence-electron chi connectivity index (χ4n) is 4.69. The highest BCUT2D eigenvalue weighted by Gasteiger charge is 2.18. The Morgan fingerprint density at radius 3 is 2.65 bits per heavy atom. The van der Waals surface area contributed by atoms with Gasteiger partial charge in [0.1, 0.15) is 23.9 Å². The molecular weight excluding hydrogens is 468 g/mol. The molecule has 2 aromatic carbocycles. The van der Waals surface area contributed by atoms with Crippen molar-refractivity contribution in [2.45, 2.75) is 52.6 Å². The van der Waals surface area contributed by atoms with Crippen LogP contribution in [0.15, 0.2) is 47.3 Å². The highest BCUT2D eigenvalue weighted by Crippen LogP contribution is 2.25. The van der Waals surface area contributed by atoms with E-state index in [-0.39, 0.29) is 24.1 Å². The standard InChI is InChI=1S/C29H38N4O4/c1-20(2)30-27(34)19-33-28(22-7-5-8-23(17-22)36-4)31-26-10-9-24(18-25(26)29(33)35)37-16-6-13-32-14-11-21(3)12-15-32/h5,7-10,17-18,20-21H,6,11-16,19H2,1-4H3,(H,30,34). The molecule has 0 unspecified atom stereocenters. The van der Waals surface area contributed by atoms with E-state index in [1.54, 1.807) is 19.2 Å². The van der Waals surface area contributed by atoms with Gasteiger partial charge >= 0.3 is 0 Å². The molecule has 2 heterocycles. The van der Waals surface area contributed by atoms with E-state index in [9.17, 15) is 9.59 Å². The molecule has 1 aliphatic heterocycles. The van der Waals surface area contributed by atoms with Crippen LogP contribution in [0.4, 0.5) is 0 Å². The summed E-state index contributed by atoms with van der Waals surface area (Å²) >= 11 is 0. The molecule has 37 heavy (non-hydrogen) atoms. The second kappa shape index (κ2) is 12.2. The van der Waals surface area contributed by atoms with Gasteiger partial charge in [-0.25, -0.2) is 4.98 Å². The molecule has 4 rings (SSSR count). The third kappa shape index (κ3) is 6.89. The number of nitrogens with one attached hydrogen (secondary N) is 1. The summed E-state index contributed by atoms with van der Waals surface area (Å²) in [6, 6.07) is 12.7. The zero-order valence-electron chi connectivity index (χ0n) is 22.3. The van der Waals surface area contributed by atoms with Crippen LogP contribution in [0.25, 0.3) is 22.3 Å². The van der Waals surface area contributed by atoms with Gasteiger partial charge in [0.15, 0.2) is 0 Å². The van der Waals surface area contributed by atoms with Crippen molar-refractivity contribution in [3.05, 3.63) is 52.8 Å². The van der Waals surface area contributed by atoms with Gasteiger partial charge < -0.3 is 19.7 Å². The molecule has 1 aliphatic rings. The number of likely N-dealkylation sites (tertiary alicyclic amines) is 1. The number of piperidine rings is 1. The van der Waals surface area contributed by atoms with E-state index in [0.29, 0.717) is 40.4 Å². The highest BCUT2D eigenvalue weighted by atomic mass is 16.5. The van der Waals surface area contributed by atoms with Crippen molar-refractivity contribution in [2.24, 2.45) is 5.92 Å². The topological polar surface area (TPSA) is 85.7 Å². The zero-order chi connectivity index (χ0) is 26.4. The minimum atomic E-state index is -0.283. The summed E-state index contributed by atoms with van der Waals surface area (Å²) < 4.78 is 12.8. The Labute approximate surface area is 218 Å². The van der Waals surface area contributed by atoms with E-state index in [0.717, 1.165) is 32.0 Å². The first kappa shape index (κ1) is 26.7. The van der Waals surface area contributed by atoms with Gasteiger partial charge in [0, 0.05) is 18.2 Å². The van der Waals surface area contributed by atoms with Gasteiger partial charge in [-0.1, -0.05) is 19.1 Å². The molecule has 8 nitrogen and oxygen atoms in total. The first-order chi connectivity index (χ1) is 17.8. The van der Waals surface area contributed by atoms with Crippen LogP contribution in [0, 0.1) is 5.92 Å². The van der Waals surface area contributed by atoms with Gasteiger partial charge in [-0.2, -0.15) is 0 Å². The second-order valence-corrected chi connectivity index (χ2v) is 10.2. The van der Waals surface area contributed by atoms with Crippen molar-refractivity contribution in [1.82, 2.24) is 19.8 Å². The third-order valence-electron chi connectivity index (χ3n) is 6.77. The Balaban J connectivity index is 1.58. The smallest absolute Gasteiger partial charge is 0.262 e. The van der Waals surface area contributed by atoms with E-state index in [1.807, 2.05) is 44.2 Å². The quantitative estimate of drug-likeness (QED) is 0.417. The molecule has 0 spiro atoms. The van der Waals surface area contributed by atoms with Crippen molar-refractivity contribution >= 4 is 16.8 Å². The first-order valence-electron chi connectivity index (χ1n) is 13.2. The number of hydrogen-bond donors (Lipinski definition) is 1. The molecule has 1 fully saturated rings. The van der Waals surface area contributed by atoms with Crippen molar-refractivity contribution < 1.29 is 14.3 Å². The largest absolute Gasteiger partial charge is 0.497 e. The highest BCUT2D eigenvalue weighted by molar-refractivity contribution is 5.83. The van der Waals surface area contributed by atoms with Crippen molar-refractivity contribution in [3.63, 3.8) is 0 Å². The number of amides is 1. The molecule has 3 aromatic rings. The Kier molecular flexibility index (Phi) is 8.82. The number of rotatable bonds is 10. The molecular formula is C29H38N4O4. The van der Waals surface area contributed by atoms with Crippen LogP contribution in [0.3, 0.4) is 0 Å². The number of fused-ring (bicyclic) bond motifs is 1. The maximum atomic E-state index is 13.7. The van der Waals surface area contributed by atoms with Crippen molar-refractivity contribution in [1.29, 1.82) is 0 Å². The number of aromatic nitrogens is 2. The number of nitrogens with zero attached hydrogens (tertiary/aromatic N) is 3. The van der Waals surface area contributed by atoms with E-state index in [1.165, 1.54) is 17.4 Å². The molecule has 0 aliphatic carbocycles. The van der Waals surface area contributed by atoms with Crippen molar-refractivity contribution in [3.8, 4) is 22.9 Å². The average molecular weight is 507 g/mol. The zero-order valence-corrected chi connectivity index (χ0v) is 22.3. The van der Waals surface area contributed by atoms with Crippen LogP contribution in [-0.2, 0) is 11.3 Å². The van der Waals surface area contributed by atoms with E-state index < -0.39 is 0 Å². The van der Waals surface area contributed by atoms with E-state index in [4.69, 9.17) is 14.5 Å². The van der Waals surface area contributed by atoms with Gasteiger partial charge in [-0.05, 0) is 82.4 Å². The predicted molar refractivity (Wildman–Crippen MR) is 146 cm³/mol. The summed E-state index contributed by atoms with van der Waals surface area (Å²) in [4.78, 5) is 33.6. The van der Waals surface area contributed by atoms with Crippen LogP contribution in [0.2, 0.25) is 0 Å². The molecule has 1 amide bonds. The number of ether oxygens (including phenoxy) is 2. The fraction of sp³-hybridized carbons (Fsp3) is 0.483. The van der Waals surface area contributed by atoms with Gasteiger partial charge in [-0.15, -0.1) is 0 Å². The summed E-state index contributed by atoms with van der Waals surface area (Å²) in [6.45, 7) is 9.87. The maximum Gasteiger partial charge on any atom is 0.262 e. The summed E-state index contributed by atoms with van der Waals surface area (Å²) in [5.41, 5.74) is 0.968. The Bertz CT molecular complexity index is 1280. The van der Waals surface area contributed by atoms with Crippen LogP contribution >= 0.6 is 0 Å². The molecule has 1 N–H and O–H groups in total. The van der Waals surface area contributed by atoms with Crippen LogP contribution < -0.4 is 20.3 Å². The van der Waals surface area contributed by atoms with Crippen molar-refractivity contribution in [2.75, 3.05) is 33.4 Å². The number of carbonyl (C=O) groups excluding carboxylic acids is 1. The lowest BCUT2D eigenvalue weighted by atomic mass is 9.99. The number of carbonyl (C=O) groups is 1. The second-order valence-electron chi connectivity index (χ2n) is 10.2. The predicted octanol–water partition coefficient (Wildman–Crippen LogP) is 4.10. The summed E-state index contributed by atoms with van der Waals surface area (Å²) in [7, 11) is 1.59. The molecule has 1 saturated heterocycles. The Morgan fingerprint density at radius 2 is 1.92 bits per heavy atom. The molecule has 0 saturated carbocycles. The summed E-state index contributed by atoms with van der Waals surface area (Å²) in [6.07, 6.45) is 3.45. The lowest BCUT2D eigenvalue weighted by molar-refractivity contribution is -0.122. The van der Waals surface area contributed by atoms with Crippen LogP contribution in [0.1, 0.15) is 40.0 Å². The molecule has 0 atom stereocenters.